The average Bonchev–Trinajstić information content (AvgIpc) is 3.30. The van der Waals surface area contributed by atoms with Crippen molar-refractivity contribution >= 4 is 11.0 Å². The molecule has 5 aromatic rings. The zero-order chi connectivity index (χ0) is 31.1. The molecule has 1 fully saturated rings. The Morgan fingerprint density at radius 3 is 2.41 bits per heavy atom. The summed E-state index contributed by atoms with van der Waals surface area (Å²) in [4.78, 5) is 12.0. The Balaban J connectivity index is 1.30. The topological polar surface area (TPSA) is 103 Å². The Morgan fingerprint density at radius 2 is 1.70 bits per heavy atom. The van der Waals surface area contributed by atoms with Crippen LogP contribution in [0.3, 0.4) is 0 Å². The molecule has 1 atom stereocenters. The number of rotatable bonds is 9. The number of hydrogen-bond donors (Lipinski definition) is 2. The van der Waals surface area contributed by atoms with Gasteiger partial charge in [-0.3, -0.25) is 0 Å². The van der Waals surface area contributed by atoms with Crippen LogP contribution in [-0.2, 0) is 24.3 Å². The Bertz CT molecular complexity index is 1880. The van der Waals surface area contributed by atoms with Crippen LogP contribution in [0.25, 0.3) is 22.4 Å². The van der Waals surface area contributed by atoms with Crippen LogP contribution in [-0.4, -0.2) is 42.4 Å². The molecule has 0 amide bonds. The van der Waals surface area contributed by atoms with Crippen molar-refractivity contribution in [2.75, 3.05) is 6.61 Å². The van der Waals surface area contributed by atoms with Crippen LogP contribution in [0.4, 0.5) is 22.0 Å². The molecule has 44 heavy (non-hydrogen) atoms. The molecule has 1 aliphatic rings. The molecule has 0 saturated carbocycles. The Labute approximate surface area is 247 Å². The van der Waals surface area contributed by atoms with Crippen molar-refractivity contribution < 1.29 is 41.6 Å². The number of aryl methyl sites for hydroxylation is 1. The minimum Gasteiger partial charge on any atom is -0.471 e. The largest absolute Gasteiger partial charge is 0.471 e. The van der Waals surface area contributed by atoms with Crippen LogP contribution in [0.15, 0.2) is 48.7 Å². The highest BCUT2D eigenvalue weighted by molar-refractivity contribution is 5.78. The molecule has 1 saturated heterocycles. The summed E-state index contributed by atoms with van der Waals surface area (Å²) in [5.41, 5.74) is 0.430. The van der Waals surface area contributed by atoms with Crippen molar-refractivity contribution in [1.82, 2.24) is 19.5 Å². The lowest BCUT2D eigenvalue weighted by molar-refractivity contribution is -0.0590. The molecular formula is C31H25F5N4O4. The maximum absolute atomic E-state index is 15.4. The van der Waals surface area contributed by atoms with Gasteiger partial charge in [0.05, 0.1) is 29.9 Å². The van der Waals surface area contributed by atoms with Gasteiger partial charge >= 0.3 is 0 Å². The minimum atomic E-state index is -1.93. The van der Waals surface area contributed by atoms with E-state index in [9.17, 15) is 23.4 Å². The third-order valence-corrected chi connectivity index (χ3v) is 7.40. The highest BCUT2D eigenvalue weighted by Crippen LogP contribution is 2.30. The first-order valence-electron chi connectivity index (χ1n) is 13.6. The van der Waals surface area contributed by atoms with Crippen molar-refractivity contribution in [2.45, 2.75) is 45.3 Å². The molecule has 0 bridgehead atoms. The third kappa shape index (κ3) is 5.85. The van der Waals surface area contributed by atoms with E-state index in [2.05, 4.69) is 15.0 Å². The third-order valence-electron chi connectivity index (χ3n) is 7.40. The fourth-order valence-corrected chi connectivity index (χ4v) is 4.93. The zero-order valence-electron chi connectivity index (χ0n) is 23.2. The fourth-order valence-electron chi connectivity index (χ4n) is 4.93. The molecule has 2 aromatic heterocycles. The van der Waals surface area contributed by atoms with E-state index in [0.29, 0.717) is 12.2 Å². The van der Waals surface area contributed by atoms with Gasteiger partial charge in [-0.05, 0) is 54.8 Å². The van der Waals surface area contributed by atoms with Gasteiger partial charge in [-0.1, -0.05) is 12.1 Å². The summed E-state index contributed by atoms with van der Waals surface area (Å²) in [5, 5.41) is 19.2. The van der Waals surface area contributed by atoms with Crippen LogP contribution >= 0.6 is 0 Å². The number of aliphatic hydroxyl groups is 2. The molecular weight excluding hydrogens is 587 g/mol. The first-order chi connectivity index (χ1) is 21.1. The number of imidazole rings is 1. The van der Waals surface area contributed by atoms with Crippen LogP contribution in [0, 0.1) is 36.0 Å². The van der Waals surface area contributed by atoms with Gasteiger partial charge in [0.25, 0.3) is 5.88 Å². The molecule has 6 rings (SSSR count). The lowest BCUT2D eigenvalue weighted by Crippen LogP contribution is -2.31. The smallest absolute Gasteiger partial charge is 0.254 e. The highest BCUT2D eigenvalue weighted by Gasteiger charge is 2.25. The number of nitrogens with zero attached hydrogens (tertiary/aromatic N) is 4. The van der Waals surface area contributed by atoms with Gasteiger partial charge < -0.3 is 24.3 Å². The SMILES string of the molecule is Cc1ccc(COc2nc(-c3cc(F)c(Cc4nc5c(F)cc(C(O)O)cc5n4C[C@@H]4CCO4)cc3F)ncc2F)c(F)c1. The van der Waals surface area contributed by atoms with Crippen molar-refractivity contribution in [2.24, 2.45) is 0 Å². The Kier molecular flexibility index (Phi) is 8.01. The van der Waals surface area contributed by atoms with Gasteiger partial charge in [-0.25, -0.2) is 27.5 Å². The number of aromatic nitrogens is 4. The van der Waals surface area contributed by atoms with Gasteiger partial charge in [-0.15, -0.1) is 0 Å². The van der Waals surface area contributed by atoms with Crippen molar-refractivity contribution in [3.8, 4) is 17.3 Å². The van der Waals surface area contributed by atoms with Crippen LogP contribution < -0.4 is 4.74 Å². The number of halogens is 5. The standard InChI is InChI=1S/C31H25F5N4O4/c1-15-2-3-16(21(32)6-15)14-44-30-25(36)12-37-29(39-30)20-11-22(33)17(7-23(20)34)10-27-38-28-24(35)8-18(31(41)42)9-26(28)40(27)13-19-4-5-43-19/h2-3,6-9,11-12,19,31,41-42H,4-5,10,13-14H2,1H3/t19-/m0/s1. The molecule has 8 nitrogen and oxygen atoms in total. The maximum atomic E-state index is 15.4. The number of fused-ring (bicyclic) bond motifs is 1. The van der Waals surface area contributed by atoms with Crippen molar-refractivity contribution in [3.63, 3.8) is 0 Å². The van der Waals surface area contributed by atoms with E-state index >= 15 is 8.78 Å². The second-order valence-corrected chi connectivity index (χ2v) is 10.5. The lowest BCUT2D eigenvalue weighted by atomic mass is 10.1. The van der Waals surface area contributed by atoms with E-state index in [4.69, 9.17) is 9.47 Å². The first kappa shape index (κ1) is 29.6. The van der Waals surface area contributed by atoms with E-state index in [0.717, 1.165) is 30.8 Å². The minimum absolute atomic E-state index is 0.0704. The Morgan fingerprint density at radius 1 is 0.932 bits per heavy atom. The second kappa shape index (κ2) is 11.9. The monoisotopic (exact) mass is 612 g/mol. The molecule has 0 spiro atoms. The van der Waals surface area contributed by atoms with Gasteiger partial charge in [0.1, 0.15) is 35.4 Å². The number of aliphatic hydroxyl groups excluding tert-OH is 1. The molecule has 3 aromatic carbocycles. The van der Waals surface area contributed by atoms with E-state index in [1.807, 2.05) is 0 Å². The van der Waals surface area contributed by atoms with Crippen molar-refractivity contribution in [3.05, 3.63) is 106 Å². The van der Waals surface area contributed by atoms with Gasteiger partial charge in [0.2, 0.25) is 5.82 Å². The summed E-state index contributed by atoms with van der Waals surface area (Å²) >= 11 is 0. The van der Waals surface area contributed by atoms with Crippen LogP contribution in [0.5, 0.6) is 5.88 Å². The average molecular weight is 613 g/mol. The van der Waals surface area contributed by atoms with E-state index in [1.54, 1.807) is 17.6 Å². The van der Waals surface area contributed by atoms with E-state index in [1.165, 1.54) is 18.2 Å². The molecule has 0 unspecified atom stereocenters. The first-order valence-corrected chi connectivity index (χ1v) is 13.6. The highest BCUT2D eigenvalue weighted by atomic mass is 19.1. The molecule has 1 aliphatic heterocycles. The summed E-state index contributed by atoms with van der Waals surface area (Å²) in [5.74, 6) is -4.85. The predicted octanol–water partition coefficient (Wildman–Crippen LogP) is 5.44. The van der Waals surface area contributed by atoms with E-state index in [-0.39, 0.29) is 70.6 Å². The second-order valence-electron chi connectivity index (χ2n) is 10.5. The van der Waals surface area contributed by atoms with Gasteiger partial charge in [-0.2, -0.15) is 9.37 Å². The normalized spacial score (nSPS) is 14.8. The van der Waals surface area contributed by atoms with Crippen LogP contribution in [0.2, 0.25) is 0 Å². The van der Waals surface area contributed by atoms with Crippen LogP contribution in [0.1, 0.15) is 40.8 Å². The molecule has 2 N–H and O–H groups in total. The summed E-state index contributed by atoms with van der Waals surface area (Å²) in [6.45, 7) is 2.13. The summed E-state index contributed by atoms with van der Waals surface area (Å²) in [6, 6.07) is 8.52. The molecule has 0 aliphatic carbocycles. The predicted molar refractivity (Wildman–Crippen MR) is 147 cm³/mol. The molecule has 13 heteroatoms. The lowest BCUT2D eigenvalue weighted by Gasteiger charge is -2.27. The van der Waals surface area contributed by atoms with Crippen molar-refractivity contribution in [1.29, 1.82) is 0 Å². The maximum Gasteiger partial charge on any atom is 0.254 e. The summed E-state index contributed by atoms with van der Waals surface area (Å²) in [6.07, 6.45) is -0.920. The number of benzene rings is 3. The van der Waals surface area contributed by atoms with Gasteiger partial charge in [0.15, 0.2) is 17.9 Å². The molecule has 0 radical (unpaired) electrons. The Hall–Kier alpha value is -4.46. The van der Waals surface area contributed by atoms with E-state index < -0.39 is 41.3 Å². The zero-order valence-corrected chi connectivity index (χ0v) is 23.2. The number of hydrogen-bond acceptors (Lipinski definition) is 7. The summed E-state index contributed by atoms with van der Waals surface area (Å²) in [7, 11) is 0. The molecule has 3 heterocycles. The van der Waals surface area contributed by atoms with Gasteiger partial charge in [0, 0.05) is 24.2 Å². The number of ether oxygens (including phenoxy) is 2. The quantitative estimate of drug-likeness (QED) is 0.169. The fraction of sp³-hybridized carbons (Fsp3) is 0.258. The summed E-state index contributed by atoms with van der Waals surface area (Å²) < 4.78 is 86.7. The molecule has 228 valence electrons.